The van der Waals surface area contributed by atoms with E-state index in [1.807, 2.05) is 0 Å². The summed E-state index contributed by atoms with van der Waals surface area (Å²) >= 11 is 7.12. The van der Waals surface area contributed by atoms with Crippen molar-refractivity contribution in [3.8, 4) is 0 Å². The molecule has 0 unspecified atom stereocenters. The highest BCUT2D eigenvalue weighted by atomic mass is 35.5. The molecule has 5 heterocycles. The maximum atomic E-state index is 10.9. The number of carboxylic acids is 1. The molecule has 4 aliphatic rings. The molecule has 1 aromatic heterocycles. The molecule has 0 bridgehead atoms. The van der Waals surface area contributed by atoms with E-state index in [0.717, 1.165) is 84.7 Å². The van der Waals surface area contributed by atoms with Crippen LogP contribution in [0.1, 0.15) is 85.1 Å². The summed E-state index contributed by atoms with van der Waals surface area (Å²) in [6, 6.07) is 4.36. The molecule has 4 aliphatic heterocycles. The number of allylic oxidation sites excluding steroid dienone is 6. The third-order valence-electron chi connectivity index (χ3n) is 9.79. The van der Waals surface area contributed by atoms with Gasteiger partial charge in [0.1, 0.15) is 5.84 Å². The first kappa shape index (κ1) is 34.8. The molecule has 0 saturated carbocycles. The Bertz CT molecular complexity index is 1640. The lowest BCUT2D eigenvalue weighted by atomic mass is 9.81. The fourth-order valence-corrected chi connectivity index (χ4v) is 7.05. The Balaban J connectivity index is 1.36. The number of fused-ring (bicyclic) bond motifs is 2. The van der Waals surface area contributed by atoms with Crippen molar-refractivity contribution in [2.75, 3.05) is 26.7 Å². The van der Waals surface area contributed by atoms with Crippen molar-refractivity contribution in [2.24, 2.45) is 15.4 Å². The van der Waals surface area contributed by atoms with Crippen LogP contribution in [0.25, 0.3) is 0 Å². The Hall–Kier alpha value is -3.55. The van der Waals surface area contributed by atoms with Gasteiger partial charge in [-0.25, -0.2) is 9.56 Å². The highest BCUT2D eigenvalue weighted by molar-refractivity contribution is 6.32. The van der Waals surface area contributed by atoms with Crippen LogP contribution in [0.2, 0.25) is 0 Å². The molecular formula is C39H51ClN5O2+. The number of hydrogen-bond acceptors (Lipinski definition) is 5. The smallest absolute Gasteiger partial charge is 0.327 e. The summed E-state index contributed by atoms with van der Waals surface area (Å²) in [6.07, 6.45) is 23.4. The van der Waals surface area contributed by atoms with E-state index >= 15 is 0 Å². The van der Waals surface area contributed by atoms with Gasteiger partial charge in [-0.05, 0) is 93.1 Å². The highest BCUT2D eigenvalue weighted by Crippen LogP contribution is 2.44. The van der Waals surface area contributed by atoms with Crippen LogP contribution in [0.3, 0.4) is 0 Å². The molecule has 0 amide bonds. The lowest BCUT2D eigenvalue weighted by molar-refractivity contribution is -0.684. The van der Waals surface area contributed by atoms with Gasteiger partial charge in [0.05, 0.1) is 29.4 Å². The number of unbranched alkanes of at least 4 members (excludes halogenated alkanes) is 4. The summed E-state index contributed by atoms with van der Waals surface area (Å²) < 4.78 is 2.31. The first-order chi connectivity index (χ1) is 22.4. The number of amidine groups is 1. The maximum Gasteiger partial charge on any atom is 0.327 e. The van der Waals surface area contributed by atoms with Crippen molar-refractivity contribution >= 4 is 34.9 Å². The maximum absolute atomic E-state index is 10.9. The van der Waals surface area contributed by atoms with Gasteiger partial charge in [-0.3, -0.25) is 9.69 Å². The predicted molar refractivity (Wildman–Crippen MR) is 193 cm³/mol. The second-order valence-electron chi connectivity index (χ2n) is 14.2. The van der Waals surface area contributed by atoms with Gasteiger partial charge >= 0.3 is 11.8 Å². The Labute approximate surface area is 286 Å². The van der Waals surface area contributed by atoms with E-state index in [9.17, 15) is 4.79 Å². The summed E-state index contributed by atoms with van der Waals surface area (Å²) in [7, 11) is 2.13. The molecule has 0 aromatic carbocycles. The monoisotopic (exact) mass is 656 g/mol. The summed E-state index contributed by atoms with van der Waals surface area (Å²) in [5.41, 5.74) is 6.27. The molecular weight excluding hydrogens is 606 g/mol. The standard InChI is InChI=1S/C39H50ClN5O2/c1-7-8-11-22-44-24-13-15-30-36(44)41-32(38(30,2)3)20-18-28-26-43(6)27-29(35(28)40)19-21-33-39(4,5)31-16-14-25-45(37(31)42-33)23-12-9-10-17-34(46)47/h13-16,18-21,24-25H,7-12,17,22-23,26-27H2,1-6H3/p+1. The minimum Gasteiger partial charge on any atom is -0.481 e. The van der Waals surface area contributed by atoms with Gasteiger partial charge in [-0.15, -0.1) is 0 Å². The number of likely N-dealkylation sites (N-methyl/N-ethyl adjacent to an activating group) is 1. The van der Waals surface area contributed by atoms with Gasteiger partial charge in [0.25, 0.3) is 0 Å². The van der Waals surface area contributed by atoms with Gasteiger partial charge < -0.3 is 10.0 Å². The quantitative estimate of drug-likeness (QED) is 0.172. The predicted octanol–water partition coefficient (Wildman–Crippen LogP) is 8.17. The average Bonchev–Trinajstić information content (AvgIpc) is 3.45. The van der Waals surface area contributed by atoms with E-state index in [1.54, 1.807) is 0 Å². The van der Waals surface area contributed by atoms with Crippen LogP contribution in [0, 0.1) is 5.41 Å². The van der Waals surface area contributed by atoms with E-state index in [1.165, 1.54) is 24.0 Å². The molecule has 0 atom stereocenters. The van der Waals surface area contributed by atoms with Crippen LogP contribution >= 0.6 is 11.6 Å². The second kappa shape index (κ2) is 14.7. The van der Waals surface area contributed by atoms with Crippen LogP contribution in [-0.4, -0.2) is 59.1 Å². The number of aliphatic carboxylic acids is 1. The Morgan fingerprint density at radius 2 is 1.85 bits per heavy atom. The van der Waals surface area contributed by atoms with Gasteiger partial charge in [-0.2, -0.15) is 0 Å². The molecule has 1 N–H and O–H groups in total. The molecule has 1 aromatic rings. The summed E-state index contributed by atoms with van der Waals surface area (Å²) in [5.74, 6) is 1.33. The van der Waals surface area contributed by atoms with Gasteiger partial charge in [0, 0.05) is 48.3 Å². The van der Waals surface area contributed by atoms with E-state index in [-0.39, 0.29) is 17.3 Å². The number of halogens is 1. The van der Waals surface area contributed by atoms with Crippen LogP contribution in [-0.2, 0) is 16.8 Å². The van der Waals surface area contributed by atoms with E-state index in [2.05, 4.69) is 117 Å². The third kappa shape index (κ3) is 7.62. The molecule has 250 valence electrons. The number of carbonyl (C=O) groups is 1. The number of rotatable bonds is 13. The zero-order chi connectivity index (χ0) is 33.8. The topological polar surface area (TPSA) is 72.4 Å². The van der Waals surface area contributed by atoms with Crippen molar-refractivity contribution in [3.63, 3.8) is 0 Å². The zero-order valence-corrected chi connectivity index (χ0v) is 29.8. The van der Waals surface area contributed by atoms with Crippen LogP contribution in [0.15, 0.2) is 98.4 Å². The fraction of sp³-hybridized carbons (Fsp3) is 0.487. The molecule has 8 heteroatoms. The van der Waals surface area contributed by atoms with E-state index < -0.39 is 5.97 Å². The Morgan fingerprint density at radius 3 is 2.62 bits per heavy atom. The van der Waals surface area contributed by atoms with Gasteiger partial charge in [0.15, 0.2) is 5.71 Å². The second-order valence-corrected chi connectivity index (χ2v) is 14.6. The number of pyridine rings is 1. The minimum absolute atomic E-state index is 0.184. The van der Waals surface area contributed by atoms with Crippen molar-refractivity contribution < 1.29 is 14.5 Å². The van der Waals surface area contributed by atoms with Crippen molar-refractivity contribution in [1.82, 2.24) is 9.80 Å². The first-order valence-corrected chi connectivity index (χ1v) is 17.6. The average molecular weight is 657 g/mol. The Kier molecular flexibility index (Phi) is 10.9. The van der Waals surface area contributed by atoms with E-state index in [0.29, 0.717) is 6.42 Å². The molecule has 0 radical (unpaired) electrons. The molecule has 47 heavy (non-hydrogen) atoms. The molecule has 0 saturated heterocycles. The van der Waals surface area contributed by atoms with Crippen molar-refractivity contribution in [3.05, 3.63) is 94.0 Å². The number of hydrogen-bond donors (Lipinski definition) is 1. The third-order valence-corrected chi connectivity index (χ3v) is 10.3. The first-order valence-electron chi connectivity index (χ1n) is 17.2. The summed E-state index contributed by atoms with van der Waals surface area (Å²) in [4.78, 5) is 25.6. The number of nitrogens with zero attached hydrogens (tertiary/aromatic N) is 5. The molecule has 5 rings (SSSR count). The zero-order valence-electron chi connectivity index (χ0n) is 29.0. The molecule has 0 fully saturated rings. The highest BCUT2D eigenvalue weighted by Gasteiger charge is 2.42. The SMILES string of the molecule is CCCCC[n+]1cccc2c1N=C(C=CC1=C(Cl)C(=CC=C3N=C4C(=CC=CN4CCCCCC(=O)O)C3(C)C)CN(C)C1)C2(C)C. The number of aliphatic imine (C=N–C) groups is 2. The Morgan fingerprint density at radius 1 is 1.04 bits per heavy atom. The molecule has 7 nitrogen and oxygen atoms in total. The largest absolute Gasteiger partial charge is 0.481 e. The van der Waals surface area contributed by atoms with Gasteiger partial charge in [-0.1, -0.05) is 63.4 Å². The summed E-state index contributed by atoms with van der Waals surface area (Å²) in [5, 5.41) is 9.73. The van der Waals surface area contributed by atoms with Crippen molar-refractivity contribution in [2.45, 2.75) is 91.5 Å². The molecule has 0 spiro atoms. The fourth-order valence-electron chi connectivity index (χ4n) is 6.81. The van der Waals surface area contributed by atoms with E-state index in [4.69, 9.17) is 26.7 Å². The molecule has 0 aliphatic carbocycles. The lowest BCUT2D eigenvalue weighted by Gasteiger charge is -2.28. The van der Waals surface area contributed by atoms with Crippen LogP contribution < -0.4 is 4.57 Å². The lowest BCUT2D eigenvalue weighted by Crippen LogP contribution is -2.34. The van der Waals surface area contributed by atoms with Crippen molar-refractivity contribution in [1.29, 1.82) is 0 Å². The van der Waals surface area contributed by atoms with Gasteiger partial charge in [0.2, 0.25) is 0 Å². The van der Waals surface area contributed by atoms with Crippen LogP contribution in [0.5, 0.6) is 0 Å². The number of aryl methyl sites for hydroxylation is 1. The summed E-state index contributed by atoms with van der Waals surface area (Å²) in [6.45, 7) is 14.5. The normalized spacial score (nSPS) is 21.9. The minimum atomic E-state index is -0.731. The van der Waals surface area contributed by atoms with Crippen LogP contribution in [0.4, 0.5) is 5.82 Å². The number of carboxylic acid groups (broad SMARTS) is 1. The number of aromatic nitrogens is 1.